The van der Waals surface area contributed by atoms with Crippen molar-refractivity contribution in [3.05, 3.63) is 59.7 Å². The van der Waals surface area contributed by atoms with E-state index < -0.39 is 5.97 Å². The summed E-state index contributed by atoms with van der Waals surface area (Å²) in [6.07, 6.45) is -0.0836. The van der Waals surface area contributed by atoms with Crippen molar-refractivity contribution in [2.24, 2.45) is 0 Å². The fourth-order valence-corrected chi connectivity index (χ4v) is 1.87. The van der Waals surface area contributed by atoms with Gasteiger partial charge in [-0.3, -0.25) is 4.79 Å². The lowest BCUT2D eigenvalue weighted by Gasteiger charge is -2.08. The predicted octanol–water partition coefficient (Wildman–Crippen LogP) is 2.85. The first-order chi connectivity index (χ1) is 8.70. The Hall–Kier alpha value is -2.60. The van der Waals surface area contributed by atoms with Gasteiger partial charge in [-0.2, -0.15) is 5.26 Å². The SMILES string of the molecule is N#Cc1ccc(-c2ccccc2)c(CC(=O)O)c1. The Kier molecular flexibility index (Phi) is 3.40. The lowest BCUT2D eigenvalue weighted by Crippen LogP contribution is -2.02. The predicted molar refractivity (Wildman–Crippen MR) is 67.9 cm³/mol. The molecule has 0 saturated carbocycles. The van der Waals surface area contributed by atoms with Gasteiger partial charge in [-0.1, -0.05) is 36.4 Å². The number of carboxylic acid groups (broad SMARTS) is 1. The molecule has 0 heterocycles. The van der Waals surface area contributed by atoms with Crippen LogP contribution in [0.1, 0.15) is 11.1 Å². The summed E-state index contributed by atoms with van der Waals surface area (Å²) >= 11 is 0. The summed E-state index contributed by atoms with van der Waals surface area (Å²) in [5.41, 5.74) is 2.95. The average Bonchev–Trinajstić information content (AvgIpc) is 2.39. The van der Waals surface area contributed by atoms with E-state index >= 15 is 0 Å². The van der Waals surface area contributed by atoms with Crippen LogP contribution in [0, 0.1) is 11.3 Å². The molecule has 0 fully saturated rings. The summed E-state index contributed by atoms with van der Waals surface area (Å²) in [6, 6.07) is 16.7. The molecule has 88 valence electrons. The van der Waals surface area contributed by atoms with Crippen molar-refractivity contribution in [2.45, 2.75) is 6.42 Å². The Balaban J connectivity index is 2.53. The summed E-state index contributed by atoms with van der Waals surface area (Å²) in [7, 11) is 0. The van der Waals surface area contributed by atoms with Gasteiger partial charge in [-0.25, -0.2) is 0 Å². The zero-order chi connectivity index (χ0) is 13.0. The van der Waals surface area contributed by atoms with Gasteiger partial charge in [0.2, 0.25) is 0 Å². The van der Waals surface area contributed by atoms with Crippen LogP contribution in [-0.4, -0.2) is 11.1 Å². The molecule has 0 aliphatic rings. The molecule has 18 heavy (non-hydrogen) atoms. The average molecular weight is 237 g/mol. The Morgan fingerprint density at radius 2 is 1.89 bits per heavy atom. The minimum atomic E-state index is -0.901. The van der Waals surface area contributed by atoms with Crippen LogP contribution in [0.3, 0.4) is 0 Å². The largest absolute Gasteiger partial charge is 0.481 e. The third kappa shape index (κ3) is 2.55. The summed E-state index contributed by atoms with van der Waals surface area (Å²) in [5.74, 6) is -0.901. The van der Waals surface area contributed by atoms with Crippen LogP contribution in [0.25, 0.3) is 11.1 Å². The number of aliphatic carboxylic acids is 1. The molecule has 0 spiro atoms. The second-order valence-electron chi connectivity index (χ2n) is 3.92. The molecule has 0 unspecified atom stereocenters. The minimum Gasteiger partial charge on any atom is -0.481 e. The van der Waals surface area contributed by atoms with E-state index in [1.165, 1.54) is 0 Å². The van der Waals surface area contributed by atoms with Crippen LogP contribution in [0.5, 0.6) is 0 Å². The number of carbonyl (C=O) groups is 1. The Morgan fingerprint density at radius 3 is 2.50 bits per heavy atom. The van der Waals surface area contributed by atoms with Gasteiger partial charge in [0.1, 0.15) is 0 Å². The van der Waals surface area contributed by atoms with Gasteiger partial charge in [0.05, 0.1) is 18.1 Å². The first-order valence-electron chi connectivity index (χ1n) is 5.51. The number of nitrogens with zero attached hydrogens (tertiary/aromatic N) is 1. The summed E-state index contributed by atoms with van der Waals surface area (Å²) in [6.45, 7) is 0. The highest BCUT2D eigenvalue weighted by molar-refractivity contribution is 5.77. The molecule has 2 aromatic carbocycles. The van der Waals surface area contributed by atoms with Gasteiger partial charge in [-0.05, 0) is 28.8 Å². The van der Waals surface area contributed by atoms with E-state index in [-0.39, 0.29) is 6.42 Å². The van der Waals surface area contributed by atoms with Crippen molar-refractivity contribution < 1.29 is 9.90 Å². The van der Waals surface area contributed by atoms with E-state index in [4.69, 9.17) is 10.4 Å². The van der Waals surface area contributed by atoms with E-state index in [9.17, 15) is 4.79 Å². The Labute approximate surface area is 105 Å². The number of nitriles is 1. The molecular weight excluding hydrogens is 226 g/mol. The van der Waals surface area contributed by atoms with E-state index in [0.717, 1.165) is 11.1 Å². The van der Waals surface area contributed by atoms with Gasteiger partial charge in [0.15, 0.2) is 0 Å². The van der Waals surface area contributed by atoms with Crippen LogP contribution >= 0.6 is 0 Å². The molecule has 3 heteroatoms. The molecule has 1 N–H and O–H groups in total. The highest BCUT2D eigenvalue weighted by atomic mass is 16.4. The lowest BCUT2D eigenvalue weighted by molar-refractivity contribution is -0.136. The Morgan fingerprint density at radius 1 is 1.17 bits per heavy atom. The maximum absolute atomic E-state index is 10.9. The normalized spacial score (nSPS) is 9.72. The van der Waals surface area contributed by atoms with E-state index in [0.29, 0.717) is 11.1 Å². The van der Waals surface area contributed by atoms with Gasteiger partial charge in [0, 0.05) is 0 Å². The van der Waals surface area contributed by atoms with Gasteiger partial charge in [-0.15, -0.1) is 0 Å². The van der Waals surface area contributed by atoms with Crippen molar-refractivity contribution in [1.29, 1.82) is 5.26 Å². The molecule has 0 saturated heterocycles. The zero-order valence-electron chi connectivity index (χ0n) is 9.63. The van der Waals surface area contributed by atoms with Crippen LogP contribution in [-0.2, 0) is 11.2 Å². The second-order valence-corrected chi connectivity index (χ2v) is 3.92. The second kappa shape index (κ2) is 5.15. The van der Waals surface area contributed by atoms with E-state index in [1.807, 2.05) is 36.4 Å². The highest BCUT2D eigenvalue weighted by Gasteiger charge is 2.09. The van der Waals surface area contributed by atoms with Crippen molar-refractivity contribution in [1.82, 2.24) is 0 Å². The monoisotopic (exact) mass is 237 g/mol. The van der Waals surface area contributed by atoms with Crippen LogP contribution < -0.4 is 0 Å². The van der Waals surface area contributed by atoms with E-state index in [1.54, 1.807) is 18.2 Å². The molecule has 2 rings (SSSR count). The molecule has 0 aliphatic heterocycles. The molecular formula is C15H11NO2. The van der Waals surface area contributed by atoms with Crippen molar-refractivity contribution in [3.63, 3.8) is 0 Å². The number of carboxylic acids is 1. The zero-order valence-corrected chi connectivity index (χ0v) is 9.63. The highest BCUT2D eigenvalue weighted by Crippen LogP contribution is 2.25. The number of benzene rings is 2. The van der Waals surface area contributed by atoms with Crippen LogP contribution in [0.15, 0.2) is 48.5 Å². The maximum Gasteiger partial charge on any atom is 0.307 e. The summed E-state index contributed by atoms with van der Waals surface area (Å²) < 4.78 is 0. The molecule has 0 radical (unpaired) electrons. The first-order valence-corrected chi connectivity index (χ1v) is 5.51. The lowest BCUT2D eigenvalue weighted by atomic mass is 9.96. The topological polar surface area (TPSA) is 61.1 Å². The van der Waals surface area contributed by atoms with Gasteiger partial charge >= 0.3 is 5.97 Å². The molecule has 3 nitrogen and oxygen atoms in total. The third-order valence-electron chi connectivity index (χ3n) is 2.66. The number of hydrogen-bond donors (Lipinski definition) is 1. The smallest absolute Gasteiger partial charge is 0.307 e. The van der Waals surface area contributed by atoms with Gasteiger partial charge in [0.25, 0.3) is 0 Å². The van der Waals surface area contributed by atoms with Crippen LogP contribution in [0.2, 0.25) is 0 Å². The number of hydrogen-bond acceptors (Lipinski definition) is 2. The minimum absolute atomic E-state index is 0.0836. The van der Waals surface area contributed by atoms with Crippen molar-refractivity contribution >= 4 is 5.97 Å². The third-order valence-corrected chi connectivity index (χ3v) is 2.66. The summed E-state index contributed by atoms with van der Waals surface area (Å²) in [4.78, 5) is 10.9. The quantitative estimate of drug-likeness (QED) is 0.892. The fourth-order valence-electron chi connectivity index (χ4n) is 1.87. The molecule has 0 amide bonds. The van der Waals surface area contributed by atoms with Crippen molar-refractivity contribution in [2.75, 3.05) is 0 Å². The molecule has 0 bridgehead atoms. The molecule has 0 aromatic heterocycles. The standard InChI is InChI=1S/C15H11NO2/c16-10-11-6-7-14(12-4-2-1-3-5-12)13(8-11)9-15(17)18/h1-8H,9H2,(H,17,18). The van der Waals surface area contributed by atoms with E-state index in [2.05, 4.69) is 0 Å². The molecule has 0 aliphatic carbocycles. The first kappa shape index (κ1) is 11.9. The molecule has 2 aromatic rings. The maximum atomic E-state index is 10.9. The van der Waals surface area contributed by atoms with Crippen LogP contribution in [0.4, 0.5) is 0 Å². The summed E-state index contributed by atoms with van der Waals surface area (Å²) in [5, 5.41) is 17.8. The number of rotatable bonds is 3. The fraction of sp³-hybridized carbons (Fsp3) is 0.0667. The van der Waals surface area contributed by atoms with Gasteiger partial charge < -0.3 is 5.11 Å². The molecule has 0 atom stereocenters. The van der Waals surface area contributed by atoms with Crippen molar-refractivity contribution in [3.8, 4) is 17.2 Å². The Bertz CT molecular complexity index is 612.